The first-order valence-corrected chi connectivity index (χ1v) is 9.99. The molecule has 1 aromatic carbocycles. The summed E-state index contributed by atoms with van der Waals surface area (Å²) in [4.78, 5) is 33.9. The average Bonchev–Trinajstić information content (AvgIpc) is 3.50. The first kappa shape index (κ1) is 21.2. The number of hydrogen-bond donors (Lipinski definition) is 1. The van der Waals surface area contributed by atoms with Crippen LogP contribution in [0.1, 0.15) is 42.4 Å². The minimum absolute atomic E-state index is 0.00902. The Morgan fingerprint density at radius 1 is 1.16 bits per heavy atom. The largest absolute Gasteiger partial charge is 0.433 e. The van der Waals surface area contributed by atoms with Gasteiger partial charge < -0.3 is 10.2 Å². The number of anilines is 1. The highest BCUT2D eigenvalue weighted by molar-refractivity contribution is 6.00. The number of benzene rings is 1. The van der Waals surface area contributed by atoms with E-state index in [2.05, 4.69) is 15.3 Å². The molecule has 1 saturated carbocycles. The van der Waals surface area contributed by atoms with Gasteiger partial charge in [-0.2, -0.15) is 13.2 Å². The van der Waals surface area contributed by atoms with Gasteiger partial charge in [0.15, 0.2) is 0 Å². The Bertz CT molecular complexity index is 990. The molecule has 1 unspecified atom stereocenters. The van der Waals surface area contributed by atoms with E-state index in [1.807, 2.05) is 0 Å². The van der Waals surface area contributed by atoms with Crippen LogP contribution >= 0.6 is 0 Å². The Hall–Kier alpha value is -3.04. The molecule has 1 saturated heterocycles. The summed E-state index contributed by atoms with van der Waals surface area (Å²) in [7, 11) is 0. The zero-order valence-corrected chi connectivity index (χ0v) is 16.5. The number of nitrogens with one attached hydrogen (secondary N) is 1. The summed E-state index contributed by atoms with van der Waals surface area (Å²) in [5, 5.41) is 2.66. The summed E-state index contributed by atoms with van der Waals surface area (Å²) < 4.78 is 52.4. The molecule has 0 bridgehead atoms. The average molecular weight is 436 g/mol. The van der Waals surface area contributed by atoms with Crippen LogP contribution in [0.3, 0.4) is 0 Å². The van der Waals surface area contributed by atoms with E-state index in [1.54, 1.807) is 0 Å². The Morgan fingerprint density at radius 3 is 2.52 bits per heavy atom. The van der Waals surface area contributed by atoms with E-state index in [9.17, 15) is 27.2 Å². The van der Waals surface area contributed by atoms with Gasteiger partial charge >= 0.3 is 6.18 Å². The summed E-state index contributed by atoms with van der Waals surface area (Å²) in [6, 6.07) is 6.40. The van der Waals surface area contributed by atoms with Crippen LogP contribution in [-0.4, -0.2) is 34.9 Å². The van der Waals surface area contributed by atoms with Gasteiger partial charge in [0.1, 0.15) is 17.3 Å². The molecule has 2 amide bonds. The molecule has 1 atom stereocenters. The van der Waals surface area contributed by atoms with Gasteiger partial charge in [-0.05, 0) is 43.2 Å². The zero-order chi connectivity index (χ0) is 22.2. The molecule has 4 rings (SSSR count). The predicted molar refractivity (Wildman–Crippen MR) is 103 cm³/mol. The highest BCUT2D eigenvalue weighted by Gasteiger charge is 2.37. The van der Waals surface area contributed by atoms with E-state index < -0.39 is 23.6 Å². The van der Waals surface area contributed by atoms with Gasteiger partial charge in [-0.1, -0.05) is 0 Å². The maximum Gasteiger partial charge on any atom is 0.433 e. The standard InChI is InChI=1S/C21H20F4N4O2/c22-14-3-5-15(6-4-14)29-11-13(9-19(29)30)20(31)26-8-7-18-27-16(12-1-2-12)10-17(28-18)21(23,24)25/h3-6,10,12-13H,1-2,7-9,11H2,(H,26,31). The second-order valence-corrected chi connectivity index (χ2v) is 7.79. The molecule has 1 aliphatic carbocycles. The number of aromatic nitrogens is 2. The van der Waals surface area contributed by atoms with Crippen molar-refractivity contribution in [3.63, 3.8) is 0 Å². The van der Waals surface area contributed by atoms with Crippen molar-refractivity contribution in [1.29, 1.82) is 0 Å². The van der Waals surface area contributed by atoms with Crippen LogP contribution in [0.5, 0.6) is 0 Å². The van der Waals surface area contributed by atoms with Gasteiger partial charge in [-0.15, -0.1) is 0 Å². The van der Waals surface area contributed by atoms with Crippen LogP contribution in [0.2, 0.25) is 0 Å². The van der Waals surface area contributed by atoms with Crippen LogP contribution in [0, 0.1) is 11.7 Å². The van der Waals surface area contributed by atoms with Crippen molar-refractivity contribution < 1.29 is 27.2 Å². The molecule has 2 heterocycles. The lowest BCUT2D eigenvalue weighted by atomic mass is 10.1. The molecule has 31 heavy (non-hydrogen) atoms. The highest BCUT2D eigenvalue weighted by Crippen LogP contribution is 2.40. The van der Waals surface area contributed by atoms with E-state index in [0.29, 0.717) is 11.4 Å². The molecule has 6 nitrogen and oxygen atoms in total. The Morgan fingerprint density at radius 2 is 1.87 bits per heavy atom. The molecular formula is C21H20F4N4O2. The number of halogens is 4. The summed E-state index contributed by atoms with van der Waals surface area (Å²) in [5.74, 6) is -1.56. The SMILES string of the molecule is O=C(NCCc1nc(C2CC2)cc(C(F)(F)F)n1)C1CC(=O)N(c2ccc(F)cc2)C1. The van der Waals surface area contributed by atoms with Gasteiger partial charge in [0.05, 0.1) is 5.92 Å². The van der Waals surface area contributed by atoms with E-state index in [1.165, 1.54) is 29.2 Å². The number of carbonyl (C=O) groups is 2. The van der Waals surface area contributed by atoms with Gasteiger partial charge in [-0.25, -0.2) is 14.4 Å². The van der Waals surface area contributed by atoms with Crippen molar-refractivity contribution in [2.75, 3.05) is 18.0 Å². The van der Waals surface area contributed by atoms with Crippen LogP contribution < -0.4 is 10.2 Å². The highest BCUT2D eigenvalue weighted by atomic mass is 19.4. The number of carbonyl (C=O) groups excluding carboxylic acids is 2. The second-order valence-electron chi connectivity index (χ2n) is 7.79. The minimum Gasteiger partial charge on any atom is -0.355 e. The van der Waals surface area contributed by atoms with E-state index in [0.717, 1.165) is 18.9 Å². The summed E-state index contributed by atoms with van der Waals surface area (Å²) in [6.07, 6.45) is -2.87. The Kier molecular flexibility index (Phi) is 5.63. The van der Waals surface area contributed by atoms with E-state index in [4.69, 9.17) is 0 Å². The van der Waals surface area contributed by atoms with Crippen molar-refractivity contribution in [1.82, 2.24) is 15.3 Å². The normalized spacial score (nSPS) is 19.0. The molecule has 1 N–H and O–H groups in total. The quantitative estimate of drug-likeness (QED) is 0.706. The predicted octanol–water partition coefficient (Wildman–Crippen LogP) is 3.22. The van der Waals surface area contributed by atoms with Gasteiger partial charge in [0.25, 0.3) is 0 Å². The van der Waals surface area contributed by atoms with Crippen LogP contribution in [0.15, 0.2) is 30.3 Å². The number of amides is 2. The van der Waals surface area contributed by atoms with Gasteiger partial charge in [0.2, 0.25) is 11.8 Å². The third-order valence-corrected chi connectivity index (χ3v) is 5.36. The van der Waals surface area contributed by atoms with Crippen LogP contribution in [0.4, 0.5) is 23.2 Å². The molecule has 10 heteroatoms. The molecule has 1 aromatic heterocycles. The van der Waals surface area contributed by atoms with Crippen molar-refractivity contribution in [3.05, 3.63) is 53.4 Å². The number of nitrogens with zero attached hydrogens (tertiary/aromatic N) is 3. The number of rotatable bonds is 6. The smallest absolute Gasteiger partial charge is 0.355 e. The van der Waals surface area contributed by atoms with E-state index >= 15 is 0 Å². The Labute approximate surface area is 175 Å². The lowest BCUT2D eigenvalue weighted by molar-refractivity contribution is -0.141. The van der Waals surface area contributed by atoms with E-state index in [-0.39, 0.29) is 49.5 Å². The van der Waals surface area contributed by atoms with Gasteiger partial charge in [0, 0.05) is 43.2 Å². The maximum absolute atomic E-state index is 13.1. The molecule has 2 aromatic rings. The van der Waals surface area contributed by atoms with Crippen molar-refractivity contribution in [2.45, 2.75) is 37.8 Å². The molecular weight excluding hydrogens is 416 g/mol. The Balaban J connectivity index is 1.35. The second kappa shape index (κ2) is 8.24. The fraction of sp³-hybridized carbons (Fsp3) is 0.429. The summed E-state index contributed by atoms with van der Waals surface area (Å²) in [5.41, 5.74) is -0.0753. The van der Waals surface area contributed by atoms with Crippen molar-refractivity contribution in [3.8, 4) is 0 Å². The van der Waals surface area contributed by atoms with Crippen LogP contribution in [0.25, 0.3) is 0 Å². The lowest BCUT2D eigenvalue weighted by Crippen LogP contribution is -2.34. The maximum atomic E-state index is 13.1. The van der Waals surface area contributed by atoms with Gasteiger partial charge in [-0.3, -0.25) is 9.59 Å². The fourth-order valence-electron chi connectivity index (χ4n) is 3.56. The molecule has 164 valence electrons. The third kappa shape index (κ3) is 5.00. The first-order valence-electron chi connectivity index (χ1n) is 9.99. The fourth-order valence-corrected chi connectivity index (χ4v) is 3.56. The summed E-state index contributed by atoms with van der Waals surface area (Å²) in [6.45, 7) is 0.216. The number of hydrogen-bond acceptors (Lipinski definition) is 4. The van der Waals surface area contributed by atoms with Crippen LogP contribution in [-0.2, 0) is 22.2 Å². The number of alkyl halides is 3. The molecule has 2 aliphatic rings. The topological polar surface area (TPSA) is 75.2 Å². The lowest BCUT2D eigenvalue weighted by Gasteiger charge is -2.16. The molecule has 0 spiro atoms. The zero-order valence-electron chi connectivity index (χ0n) is 16.5. The third-order valence-electron chi connectivity index (χ3n) is 5.36. The molecule has 1 aliphatic heterocycles. The molecule has 2 fully saturated rings. The molecule has 0 radical (unpaired) electrons. The summed E-state index contributed by atoms with van der Waals surface area (Å²) >= 11 is 0. The van der Waals surface area contributed by atoms with Crippen molar-refractivity contribution in [2.24, 2.45) is 5.92 Å². The van der Waals surface area contributed by atoms with Crippen molar-refractivity contribution >= 4 is 17.5 Å². The minimum atomic E-state index is -4.56. The first-order chi connectivity index (χ1) is 14.7. The monoisotopic (exact) mass is 436 g/mol.